The highest BCUT2D eigenvalue weighted by atomic mass is 16.5. The molecule has 1 saturated carbocycles. The third-order valence-electron chi connectivity index (χ3n) is 8.50. The van der Waals surface area contributed by atoms with Gasteiger partial charge >= 0.3 is 5.97 Å². The summed E-state index contributed by atoms with van der Waals surface area (Å²) in [6.45, 7) is 5.73. The van der Waals surface area contributed by atoms with Crippen LogP contribution in [0, 0.1) is 22.7 Å². The van der Waals surface area contributed by atoms with Crippen molar-refractivity contribution in [2.24, 2.45) is 11.3 Å². The number of hydrogen-bond acceptors (Lipinski definition) is 3. The van der Waals surface area contributed by atoms with Crippen LogP contribution in [0.3, 0.4) is 0 Å². The van der Waals surface area contributed by atoms with Crippen LogP contribution in [-0.2, 0) is 4.79 Å². The number of nitriles is 1. The SMILES string of the molecule is CCCCCCCCCCC1CCC(c2ccc(-c3ccc(OC(=O)C(C)(C#N)CC)cc3)cc2)CC1. The van der Waals surface area contributed by atoms with Crippen LogP contribution in [0.1, 0.15) is 122 Å². The smallest absolute Gasteiger partial charge is 0.331 e. The van der Waals surface area contributed by atoms with Crippen LogP contribution in [0.5, 0.6) is 5.75 Å². The largest absolute Gasteiger partial charge is 0.425 e. The van der Waals surface area contributed by atoms with E-state index in [1.54, 1.807) is 6.92 Å². The summed E-state index contributed by atoms with van der Waals surface area (Å²) < 4.78 is 5.45. The Morgan fingerprint density at radius 2 is 1.38 bits per heavy atom. The Bertz CT molecular complexity index is 980. The minimum atomic E-state index is -1.11. The molecule has 0 spiro atoms. The van der Waals surface area contributed by atoms with Crippen molar-refractivity contribution in [3.05, 3.63) is 54.1 Å². The highest BCUT2D eigenvalue weighted by Gasteiger charge is 2.33. The van der Waals surface area contributed by atoms with Crippen molar-refractivity contribution < 1.29 is 9.53 Å². The van der Waals surface area contributed by atoms with E-state index in [-0.39, 0.29) is 0 Å². The van der Waals surface area contributed by atoms with Gasteiger partial charge in [-0.15, -0.1) is 0 Å². The van der Waals surface area contributed by atoms with Gasteiger partial charge in [0, 0.05) is 0 Å². The molecule has 2 aromatic carbocycles. The lowest BCUT2D eigenvalue weighted by atomic mass is 9.77. The molecule has 0 heterocycles. The quantitative estimate of drug-likeness (QED) is 0.147. The summed E-state index contributed by atoms with van der Waals surface area (Å²) in [4.78, 5) is 12.3. The van der Waals surface area contributed by atoms with Gasteiger partial charge in [-0.05, 0) is 79.7 Å². The van der Waals surface area contributed by atoms with Gasteiger partial charge in [-0.1, -0.05) is 108 Å². The van der Waals surface area contributed by atoms with Crippen molar-refractivity contribution >= 4 is 5.97 Å². The Morgan fingerprint density at radius 3 is 1.92 bits per heavy atom. The van der Waals surface area contributed by atoms with E-state index < -0.39 is 11.4 Å². The molecular weight excluding hydrogens is 454 g/mol. The molecule has 200 valence electrons. The summed E-state index contributed by atoms with van der Waals surface area (Å²) >= 11 is 0. The van der Waals surface area contributed by atoms with E-state index in [1.807, 2.05) is 31.2 Å². The third-order valence-corrected chi connectivity index (χ3v) is 8.50. The maximum absolute atomic E-state index is 12.3. The molecule has 1 aliphatic carbocycles. The van der Waals surface area contributed by atoms with Gasteiger partial charge in [0.05, 0.1) is 6.07 Å². The van der Waals surface area contributed by atoms with Crippen LogP contribution in [-0.4, -0.2) is 5.97 Å². The van der Waals surface area contributed by atoms with Crippen molar-refractivity contribution in [1.29, 1.82) is 5.26 Å². The van der Waals surface area contributed by atoms with E-state index in [2.05, 4.69) is 37.3 Å². The van der Waals surface area contributed by atoms with Crippen molar-refractivity contribution in [1.82, 2.24) is 0 Å². The van der Waals surface area contributed by atoms with Gasteiger partial charge in [0.1, 0.15) is 5.75 Å². The van der Waals surface area contributed by atoms with E-state index in [1.165, 1.54) is 94.6 Å². The minimum absolute atomic E-state index is 0.424. The number of carbonyl (C=O) groups excluding carboxylic acids is 1. The standard InChI is InChI=1S/C34H47NO2/c1-4-6-7-8-9-10-11-12-13-27-14-16-28(17-15-27)29-18-20-30(21-19-29)31-22-24-32(25-23-31)37-33(36)34(3,5-2)26-35/h18-25,27-28H,4-17H2,1-3H3. The molecule has 1 atom stereocenters. The lowest BCUT2D eigenvalue weighted by Crippen LogP contribution is -2.29. The monoisotopic (exact) mass is 501 g/mol. The van der Waals surface area contributed by atoms with Crippen LogP contribution < -0.4 is 4.74 Å². The molecule has 0 amide bonds. The van der Waals surface area contributed by atoms with Gasteiger partial charge in [-0.2, -0.15) is 5.26 Å². The maximum Gasteiger partial charge on any atom is 0.331 e. The lowest BCUT2D eigenvalue weighted by Gasteiger charge is -2.29. The second-order valence-corrected chi connectivity index (χ2v) is 11.3. The Morgan fingerprint density at radius 1 is 0.838 bits per heavy atom. The fourth-order valence-electron chi connectivity index (χ4n) is 5.50. The van der Waals surface area contributed by atoms with Gasteiger partial charge in [-0.3, -0.25) is 0 Å². The van der Waals surface area contributed by atoms with E-state index in [0.717, 1.165) is 11.5 Å². The molecule has 0 radical (unpaired) electrons. The maximum atomic E-state index is 12.3. The highest BCUT2D eigenvalue weighted by molar-refractivity contribution is 5.81. The minimum Gasteiger partial charge on any atom is -0.425 e. The summed E-state index contributed by atoms with van der Waals surface area (Å²) in [5.74, 6) is 1.61. The first-order valence-corrected chi connectivity index (χ1v) is 14.8. The zero-order valence-electron chi connectivity index (χ0n) is 23.4. The summed E-state index contributed by atoms with van der Waals surface area (Å²) in [5.41, 5.74) is 2.62. The number of rotatable bonds is 14. The second kappa shape index (κ2) is 15.0. The molecule has 0 saturated heterocycles. The number of benzene rings is 2. The molecule has 1 fully saturated rings. The number of hydrogen-bond donors (Lipinski definition) is 0. The second-order valence-electron chi connectivity index (χ2n) is 11.3. The first-order chi connectivity index (χ1) is 18.0. The molecule has 37 heavy (non-hydrogen) atoms. The molecular formula is C34H47NO2. The van der Waals surface area contributed by atoms with E-state index in [9.17, 15) is 10.1 Å². The predicted octanol–water partition coefficient (Wildman–Crippen LogP) is 10.0. The predicted molar refractivity (Wildman–Crippen MR) is 153 cm³/mol. The molecule has 0 N–H and O–H groups in total. The number of unbranched alkanes of at least 4 members (excludes halogenated alkanes) is 7. The van der Waals surface area contributed by atoms with E-state index in [0.29, 0.717) is 18.1 Å². The number of esters is 1. The summed E-state index contributed by atoms with van der Waals surface area (Å²) in [6, 6.07) is 18.7. The van der Waals surface area contributed by atoms with Gasteiger partial charge in [0.25, 0.3) is 0 Å². The molecule has 3 nitrogen and oxygen atoms in total. The number of carbonyl (C=O) groups is 1. The number of nitrogens with zero attached hydrogens (tertiary/aromatic N) is 1. The third kappa shape index (κ3) is 8.74. The van der Waals surface area contributed by atoms with E-state index in [4.69, 9.17) is 4.74 Å². The molecule has 0 bridgehead atoms. The first-order valence-electron chi connectivity index (χ1n) is 14.8. The topological polar surface area (TPSA) is 50.1 Å². The van der Waals surface area contributed by atoms with Crippen molar-refractivity contribution in [3.8, 4) is 22.9 Å². The summed E-state index contributed by atoms with van der Waals surface area (Å²) in [5, 5.41) is 9.29. The molecule has 1 unspecified atom stereocenters. The Balaban J connectivity index is 1.41. The Labute approximate surface area is 225 Å². The zero-order chi connectivity index (χ0) is 26.5. The molecule has 3 rings (SSSR count). The van der Waals surface area contributed by atoms with E-state index >= 15 is 0 Å². The normalized spacial score (nSPS) is 19.1. The van der Waals surface area contributed by atoms with Crippen LogP contribution >= 0.6 is 0 Å². The van der Waals surface area contributed by atoms with Crippen molar-refractivity contribution in [2.45, 2.75) is 117 Å². The first kappa shape index (κ1) is 29.0. The van der Waals surface area contributed by atoms with Crippen LogP contribution in [0.4, 0.5) is 0 Å². The Hall–Kier alpha value is -2.60. The Kier molecular flexibility index (Phi) is 11.7. The zero-order valence-corrected chi connectivity index (χ0v) is 23.4. The molecule has 0 aromatic heterocycles. The highest BCUT2D eigenvalue weighted by Crippen LogP contribution is 2.38. The molecule has 2 aromatic rings. The van der Waals surface area contributed by atoms with Gasteiger partial charge in [0.2, 0.25) is 0 Å². The summed E-state index contributed by atoms with van der Waals surface area (Å²) in [6.07, 6.45) is 18.6. The van der Waals surface area contributed by atoms with Gasteiger partial charge in [0.15, 0.2) is 5.41 Å². The van der Waals surface area contributed by atoms with Crippen LogP contribution in [0.25, 0.3) is 11.1 Å². The van der Waals surface area contributed by atoms with Crippen LogP contribution in [0.15, 0.2) is 48.5 Å². The average Bonchev–Trinajstić information content (AvgIpc) is 2.95. The fraction of sp³-hybridized carbons (Fsp3) is 0.588. The number of ether oxygens (including phenoxy) is 1. The fourth-order valence-corrected chi connectivity index (χ4v) is 5.50. The summed E-state index contributed by atoms with van der Waals surface area (Å²) in [7, 11) is 0. The van der Waals surface area contributed by atoms with Gasteiger partial charge in [-0.25, -0.2) is 4.79 Å². The average molecular weight is 502 g/mol. The van der Waals surface area contributed by atoms with Crippen molar-refractivity contribution in [2.75, 3.05) is 0 Å². The molecule has 1 aliphatic rings. The van der Waals surface area contributed by atoms with Gasteiger partial charge < -0.3 is 4.74 Å². The van der Waals surface area contributed by atoms with Crippen LogP contribution in [0.2, 0.25) is 0 Å². The molecule has 3 heteroatoms. The van der Waals surface area contributed by atoms with Crippen molar-refractivity contribution in [3.63, 3.8) is 0 Å². The lowest BCUT2D eigenvalue weighted by molar-refractivity contribution is -0.141. The molecule has 0 aliphatic heterocycles.